The predicted molar refractivity (Wildman–Crippen MR) is 76.6 cm³/mol. The Bertz CT molecular complexity index is 473. The van der Waals surface area contributed by atoms with Crippen LogP contribution in [0.25, 0.3) is 0 Å². The van der Waals surface area contributed by atoms with Gasteiger partial charge in [-0.1, -0.05) is 39.0 Å². The lowest BCUT2D eigenvalue weighted by Crippen LogP contribution is -2.65. The maximum Gasteiger partial charge on any atom is 0.305 e. The van der Waals surface area contributed by atoms with Gasteiger partial charge in [0.2, 0.25) is 0 Å². The molecule has 0 aliphatic carbocycles. The quantitative estimate of drug-likeness (QED) is 0.778. The minimum absolute atomic E-state index is 0.0329. The number of rotatable bonds is 4. The number of carbonyl (C=O) groups is 1. The molecule has 4 heteroatoms. The maximum atomic E-state index is 11.0. The van der Waals surface area contributed by atoms with Crippen molar-refractivity contribution >= 4 is 11.7 Å². The molecule has 19 heavy (non-hydrogen) atoms. The van der Waals surface area contributed by atoms with Crippen molar-refractivity contribution in [2.75, 3.05) is 18.4 Å². The van der Waals surface area contributed by atoms with Crippen molar-refractivity contribution < 1.29 is 9.90 Å². The molecule has 1 saturated heterocycles. The molecule has 1 aromatic rings. The maximum absolute atomic E-state index is 11.0. The van der Waals surface area contributed by atoms with Crippen molar-refractivity contribution in [3.05, 3.63) is 29.8 Å². The number of benzene rings is 1. The number of para-hydroxylation sites is 1. The zero-order valence-corrected chi connectivity index (χ0v) is 11.8. The van der Waals surface area contributed by atoms with Crippen LogP contribution in [0.5, 0.6) is 0 Å². The summed E-state index contributed by atoms with van der Waals surface area (Å²) in [5.74, 6) is -0.762. The standard InChI is InChI=1S/C15H22N2O2/c1-14(2,3)11-6-4-5-7-12(11)17-15(8-13(18)19)9-16-10-15/h4-7,16-17H,8-10H2,1-3H3,(H,18,19). The Hall–Kier alpha value is -1.55. The van der Waals surface area contributed by atoms with Crippen LogP contribution < -0.4 is 10.6 Å². The first-order valence-corrected chi connectivity index (χ1v) is 6.63. The molecular weight excluding hydrogens is 240 g/mol. The topological polar surface area (TPSA) is 61.4 Å². The monoisotopic (exact) mass is 262 g/mol. The summed E-state index contributed by atoms with van der Waals surface area (Å²) < 4.78 is 0. The summed E-state index contributed by atoms with van der Waals surface area (Å²) in [6, 6.07) is 8.14. The predicted octanol–water partition coefficient (Wildman–Crippen LogP) is 2.21. The Morgan fingerprint density at radius 3 is 2.47 bits per heavy atom. The second kappa shape index (κ2) is 4.85. The number of anilines is 1. The van der Waals surface area contributed by atoms with Gasteiger partial charge >= 0.3 is 5.97 Å². The third-order valence-corrected chi connectivity index (χ3v) is 3.55. The molecule has 0 atom stereocenters. The van der Waals surface area contributed by atoms with E-state index in [2.05, 4.69) is 37.5 Å². The van der Waals surface area contributed by atoms with Crippen LogP contribution >= 0.6 is 0 Å². The van der Waals surface area contributed by atoms with Crippen LogP contribution in [0.2, 0.25) is 0 Å². The molecule has 0 spiro atoms. The fourth-order valence-corrected chi connectivity index (χ4v) is 2.51. The first-order valence-electron chi connectivity index (χ1n) is 6.63. The van der Waals surface area contributed by atoms with Crippen LogP contribution in [0.1, 0.15) is 32.8 Å². The van der Waals surface area contributed by atoms with E-state index in [-0.39, 0.29) is 17.4 Å². The number of hydrogen-bond donors (Lipinski definition) is 3. The smallest absolute Gasteiger partial charge is 0.305 e. The second-order valence-electron chi connectivity index (χ2n) is 6.37. The van der Waals surface area contributed by atoms with Crippen molar-refractivity contribution in [1.29, 1.82) is 0 Å². The van der Waals surface area contributed by atoms with Crippen LogP contribution in [0, 0.1) is 0 Å². The molecule has 0 unspecified atom stereocenters. The van der Waals surface area contributed by atoms with Gasteiger partial charge in [-0.3, -0.25) is 4.79 Å². The molecule has 1 aliphatic rings. The van der Waals surface area contributed by atoms with Gasteiger partial charge in [-0.05, 0) is 17.0 Å². The number of hydrogen-bond acceptors (Lipinski definition) is 3. The molecule has 1 aromatic carbocycles. The first kappa shape index (κ1) is 13.9. The van der Waals surface area contributed by atoms with Crippen LogP contribution in [0.15, 0.2) is 24.3 Å². The average molecular weight is 262 g/mol. The number of carboxylic acid groups (broad SMARTS) is 1. The summed E-state index contributed by atoms with van der Waals surface area (Å²) in [5.41, 5.74) is 1.93. The van der Waals surface area contributed by atoms with Crippen LogP contribution in [-0.2, 0) is 10.2 Å². The van der Waals surface area contributed by atoms with E-state index in [0.29, 0.717) is 13.1 Å². The third-order valence-electron chi connectivity index (χ3n) is 3.55. The van der Waals surface area contributed by atoms with Gasteiger partial charge in [0.15, 0.2) is 0 Å². The minimum Gasteiger partial charge on any atom is -0.481 e. The largest absolute Gasteiger partial charge is 0.481 e. The van der Waals surface area contributed by atoms with Gasteiger partial charge in [-0.25, -0.2) is 0 Å². The highest BCUT2D eigenvalue weighted by molar-refractivity contribution is 5.70. The molecule has 1 fully saturated rings. The van der Waals surface area contributed by atoms with E-state index in [4.69, 9.17) is 5.11 Å². The highest BCUT2D eigenvalue weighted by Gasteiger charge is 2.39. The molecule has 2 rings (SSSR count). The van der Waals surface area contributed by atoms with Gasteiger partial charge in [0.25, 0.3) is 0 Å². The summed E-state index contributed by atoms with van der Waals surface area (Å²) in [4.78, 5) is 11.0. The molecule has 0 aromatic heterocycles. The van der Waals surface area contributed by atoms with E-state index in [1.165, 1.54) is 5.56 Å². The molecule has 104 valence electrons. The van der Waals surface area contributed by atoms with Gasteiger partial charge in [-0.2, -0.15) is 0 Å². The van der Waals surface area contributed by atoms with E-state index in [0.717, 1.165) is 5.69 Å². The normalized spacial score (nSPS) is 17.6. The lowest BCUT2D eigenvalue weighted by molar-refractivity contribution is -0.138. The van der Waals surface area contributed by atoms with E-state index in [1.54, 1.807) is 0 Å². The van der Waals surface area contributed by atoms with E-state index < -0.39 is 5.97 Å². The van der Waals surface area contributed by atoms with Gasteiger partial charge in [0, 0.05) is 18.8 Å². The summed E-state index contributed by atoms with van der Waals surface area (Å²) in [5, 5.41) is 15.7. The summed E-state index contributed by atoms with van der Waals surface area (Å²) in [6.45, 7) is 7.87. The highest BCUT2D eigenvalue weighted by atomic mass is 16.4. The van der Waals surface area contributed by atoms with Crippen molar-refractivity contribution in [3.8, 4) is 0 Å². The Labute approximate surface area is 114 Å². The van der Waals surface area contributed by atoms with E-state index in [9.17, 15) is 4.79 Å². The minimum atomic E-state index is -0.762. The highest BCUT2D eigenvalue weighted by Crippen LogP contribution is 2.32. The number of aliphatic carboxylic acids is 1. The molecule has 1 aliphatic heterocycles. The average Bonchev–Trinajstić information content (AvgIpc) is 2.24. The Kier molecular flexibility index (Phi) is 3.54. The molecule has 4 nitrogen and oxygen atoms in total. The fraction of sp³-hybridized carbons (Fsp3) is 0.533. The third kappa shape index (κ3) is 3.07. The van der Waals surface area contributed by atoms with Gasteiger partial charge in [0.05, 0.1) is 12.0 Å². The lowest BCUT2D eigenvalue weighted by Gasteiger charge is -2.44. The van der Waals surface area contributed by atoms with Gasteiger partial charge in [0.1, 0.15) is 0 Å². The Morgan fingerprint density at radius 1 is 1.37 bits per heavy atom. The van der Waals surface area contributed by atoms with Crippen molar-refractivity contribution in [3.63, 3.8) is 0 Å². The van der Waals surface area contributed by atoms with Crippen LogP contribution in [0.4, 0.5) is 5.69 Å². The summed E-state index contributed by atoms with van der Waals surface area (Å²) >= 11 is 0. The van der Waals surface area contributed by atoms with E-state index >= 15 is 0 Å². The lowest BCUT2D eigenvalue weighted by atomic mass is 9.83. The van der Waals surface area contributed by atoms with Gasteiger partial charge in [-0.15, -0.1) is 0 Å². The number of carboxylic acids is 1. The Balaban J connectivity index is 2.25. The van der Waals surface area contributed by atoms with E-state index in [1.807, 2.05) is 18.2 Å². The number of nitrogens with one attached hydrogen (secondary N) is 2. The molecular formula is C15H22N2O2. The molecule has 1 heterocycles. The Morgan fingerprint density at radius 2 is 2.00 bits per heavy atom. The summed E-state index contributed by atoms with van der Waals surface area (Å²) in [6.07, 6.45) is 0.137. The molecule has 0 saturated carbocycles. The van der Waals surface area contributed by atoms with Crippen LogP contribution in [-0.4, -0.2) is 29.7 Å². The van der Waals surface area contributed by atoms with Crippen molar-refractivity contribution in [1.82, 2.24) is 5.32 Å². The molecule has 0 bridgehead atoms. The first-order chi connectivity index (χ1) is 8.82. The fourth-order valence-electron chi connectivity index (χ4n) is 2.51. The SMILES string of the molecule is CC(C)(C)c1ccccc1NC1(CC(=O)O)CNC1. The van der Waals surface area contributed by atoms with Crippen molar-refractivity contribution in [2.24, 2.45) is 0 Å². The second-order valence-corrected chi connectivity index (χ2v) is 6.37. The van der Waals surface area contributed by atoms with Crippen LogP contribution in [0.3, 0.4) is 0 Å². The molecule has 3 N–H and O–H groups in total. The zero-order valence-electron chi connectivity index (χ0n) is 11.8. The summed E-state index contributed by atoms with van der Waals surface area (Å²) in [7, 11) is 0. The molecule has 0 radical (unpaired) electrons. The van der Waals surface area contributed by atoms with Crippen molar-refractivity contribution in [2.45, 2.75) is 38.1 Å². The molecule has 0 amide bonds. The zero-order chi connectivity index (χ0) is 14.1. The van der Waals surface area contributed by atoms with Gasteiger partial charge < -0.3 is 15.7 Å².